The number of rotatable bonds is 6. The lowest BCUT2D eigenvalue weighted by Gasteiger charge is -2.17. The number of carbonyl (C=O) groups is 1. The largest absolute Gasteiger partial charge is 0.493 e. The summed E-state index contributed by atoms with van der Waals surface area (Å²) < 4.78 is 16.1. The zero-order chi connectivity index (χ0) is 15.2. The summed E-state index contributed by atoms with van der Waals surface area (Å²) in [5.74, 6) is 1.40. The molecule has 5 heteroatoms. The first kappa shape index (κ1) is 15.0. The van der Waals surface area contributed by atoms with E-state index in [4.69, 9.17) is 13.9 Å². The standard InChI is InChI=1S/C16H19NO4/c1-11-8-9-20-15(11)16(18)17-10-12(2)21-14-7-5-4-6-13(14)19-3/h4-9,12H,10H2,1-3H3,(H,17,18)/t12-/m1/s1. The molecule has 2 aromatic rings. The molecule has 1 N–H and O–H groups in total. The Labute approximate surface area is 123 Å². The van der Waals surface area contributed by atoms with Gasteiger partial charge in [0.2, 0.25) is 0 Å². The van der Waals surface area contributed by atoms with Gasteiger partial charge in [-0.3, -0.25) is 4.79 Å². The molecule has 1 aromatic carbocycles. The third-order valence-electron chi connectivity index (χ3n) is 3.02. The van der Waals surface area contributed by atoms with Crippen molar-refractivity contribution in [1.82, 2.24) is 5.32 Å². The molecular formula is C16H19NO4. The molecule has 0 aliphatic rings. The van der Waals surface area contributed by atoms with Gasteiger partial charge < -0.3 is 19.2 Å². The summed E-state index contributed by atoms with van der Waals surface area (Å²) in [5.41, 5.74) is 0.811. The molecule has 112 valence electrons. The molecule has 5 nitrogen and oxygen atoms in total. The third-order valence-corrected chi connectivity index (χ3v) is 3.02. The fourth-order valence-electron chi connectivity index (χ4n) is 1.90. The van der Waals surface area contributed by atoms with E-state index in [2.05, 4.69) is 5.32 Å². The zero-order valence-corrected chi connectivity index (χ0v) is 12.4. The van der Waals surface area contributed by atoms with E-state index in [1.807, 2.05) is 38.1 Å². The predicted molar refractivity (Wildman–Crippen MR) is 78.9 cm³/mol. The molecule has 0 fully saturated rings. The molecule has 0 spiro atoms. The fraction of sp³-hybridized carbons (Fsp3) is 0.312. The molecule has 0 radical (unpaired) electrons. The fourth-order valence-corrected chi connectivity index (χ4v) is 1.90. The lowest BCUT2D eigenvalue weighted by molar-refractivity contribution is 0.0903. The Morgan fingerprint density at radius 2 is 2.00 bits per heavy atom. The van der Waals surface area contributed by atoms with Crippen LogP contribution in [0.2, 0.25) is 0 Å². The number of nitrogens with one attached hydrogen (secondary N) is 1. The summed E-state index contributed by atoms with van der Waals surface area (Å²) in [4.78, 5) is 11.9. The minimum absolute atomic E-state index is 0.194. The second kappa shape index (κ2) is 6.83. The van der Waals surface area contributed by atoms with Gasteiger partial charge in [-0.25, -0.2) is 0 Å². The number of amides is 1. The second-order valence-corrected chi connectivity index (χ2v) is 4.72. The van der Waals surface area contributed by atoms with Crippen LogP contribution in [0.3, 0.4) is 0 Å². The summed E-state index contributed by atoms with van der Waals surface area (Å²) in [6.45, 7) is 4.08. The van der Waals surface area contributed by atoms with Crippen LogP contribution in [-0.2, 0) is 0 Å². The van der Waals surface area contributed by atoms with Gasteiger partial charge in [0, 0.05) is 5.56 Å². The quantitative estimate of drug-likeness (QED) is 0.888. The molecule has 0 saturated carbocycles. The Bertz CT molecular complexity index is 606. The van der Waals surface area contributed by atoms with Crippen LogP contribution in [-0.4, -0.2) is 25.7 Å². The number of ether oxygens (including phenoxy) is 2. The van der Waals surface area contributed by atoms with E-state index >= 15 is 0 Å². The number of methoxy groups -OCH3 is 1. The van der Waals surface area contributed by atoms with E-state index < -0.39 is 0 Å². The molecule has 1 heterocycles. The summed E-state index contributed by atoms with van der Waals surface area (Å²) in [6.07, 6.45) is 1.31. The molecule has 21 heavy (non-hydrogen) atoms. The number of benzene rings is 1. The van der Waals surface area contributed by atoms with Crippen molar-refractivity contribution in [2.24, 2.45) is 0 Å². The van der Waals surface area contributed by atoms with Crippen LogP contribution in [0.1, 0.15) is 23.0 Å². The van der Waals surface area contributed by atoms with Crippen molar-refractivity contribution < 1.29 is 18.7 Å². The number of carbonyl (C=O) groups excluding carboxylic acids is 1. The molecule has 0 unspecified atom stereocenters. The van der Waals surface area contributed by atoms with E-state index in [0.717, 1.165) is 5.56 Å². The highest BCUT2D eigenvalue weighted by atomic mass is 16.5. The maximum Gasteiger partial charge on any atom is 0.287 e. The van der Waals surface area contributed by atoms with Gasteiger partial charge in [0.25, 0.3) is 5.91 Å². The average Bonchev–Trinajstić information content (AvgIpc) is 2.91. The highest BCUT2D eigenvalue weighted by Gasteiger charge is 2.14. The zero-order valence-electron chi connectivity index (χ0n) is 12.4. The Morgan fingerprint density at radius 3 is 2.62 bits per heavy atom. The maximum atomic E-state index is 11.9. The second-order valence-electron chi connectivity index (χ2n) is 4.72. The van der Waals surface area contributed by atoms with E-state index in [1.54, 1.807) is 13.2 Å². The number of aryl methyl sites for hydroxylation is 1. The Kier molecular flexibility index (Phi) is 4.87. The van der Waals surface area contributed by atoms with Gasteiger partial charge in [-0.05, 0) is 32.0 Å². The van der Waals surface area contributed by atoms with E-state index in [9.17, 15) is 4.79 Å². The molecule has 1 atom stereocenters. The van der Waals surface area contributed by atoms with Crippen LogP contribution < -0.4 is 14.8 Å². The first-order chi connectivity index (χ1) is 10.1. The first-order valence-electron chi connectivity index (χ1n) is 6.73. The van der Waals surface area contributed by atoms with Gasteiger partial charge in [0.1, 0.15) is 6.10 Å². The molecule has 0 bridgehead atoms. The summed E-state index contributed by atoms with van der Waals surface area (Å²) in [7, 11) is 1.59. The van der Waals surface area contributed by atoms with Gasteiger partial charge in [-0.15, -0.1) is 0 Å². The minimum Gasteiger partial charge on any atom is -0.493 e. The van der Waals surface area contributed by atoms with Crippen molar-refractivity contribution in [3.63, 3.8) is 0 Å². The van der Waals surface area contributed by atoms with E-state index in [-0.39, 0.29) is 12.0 Å². The first-order valence-corrected chi connectivity index (χ1v) is 6.73. The molecule has 0 aliphatic carbocycles. The summed E-state index contributed by atoms with van der Waals surface area (Å²) in [6, 6.07) is 9.15. The van der Waals surface area contributed by atoms with Gasteiger partial charge in [0.05, 0.1) is 19.9 Å². The van der Waals surface area contributed by atoms with Crippen molar-refractivity contribution >= 4 is 5.91 Å². The van der Waals surface area contributed by atoms with Crippen LogP contribution >= 0.6 is 0 Å². The normalized spacial score (nSPS) is 11.8. The van der Waals surface area contributed by atoms with Gasteiger partial charge >= 0.3 is 0 Å². The van der Waals surface area contributed by atoms with Crippen molar-refractivity contribution in [2.75, 3.05) is 13.7 Å². The molecular weight excluding hydrogens is 270 g/mol. The number of para-hydroxylation sites is 2. The van der Waals surface area contributed by atoms with E-state index in [1.165, 1.54) is 6.26 Å². The number of hydrogen-bond acceptors (Lipinski definition) is 4. The predicted octanol–water partition coefficient (Wildman–Crippen LogP) is 2.79. The highest BCUT2D eigenvalue weighted by molar-refractivity contribution is 5.92. The van der Waals surface area contributed by atoms with Crippen LogP contribution in [0.25, 0.3) is 0 Å². The lowest BCUT2D eigenvalue weighted by atomic mass is 10.2. The van der Waals surface area contributed by atoms with Gasteiger partial charge in [-0.1, -0.05) is 12.1 Å². The molecule has 0 saturated heterocycles. The number of furan rings is 1. The summed E-state index contributed by atoms with van der Waals surface area (Å²) in [5, 5.41) is 2.78. The topological polar surface area (TPSA) is 60.7 Å². The van der Waals surface area contributed by atoms with E-state index in [0.29, 0.717) is 23.8 Å². The molecule has 2 rings (SSSR count). The smallest absolute Gasteiger partial charge is 0.287 e. The molecule has 1 amide bonds. The Hall–Kier alpha value is -2.43. The molecule has 1 aromatic heterocycles. The Morgan fingerprint density at radius 1 is 1.29 bits per heavy atom. The summed E-state index contributed by atoms with van der Waals surface area (Å²) >= 11 is 0. The monoisotopic (exact) mass is 289 g/mol. The van der Waals surface area contributed by atoms with Crippen molar-refractivity contribution in [3.05, 3.63) is 47.9 Å². The average molecular weight is 289 g/mol. The van der Waals surface area contributed by atoms with Crippen molar-refractivity contribution in [2.45, 2.75) is 20.0 Å². The van der Waals surface area contributed by atoms with Crippen LogP contribution in [0.5, 0.6) is 11.5 Å². The van der Waals surface area contributed by atoms with Crippen LogP contribution in [0.15, 0.2) is 41.0 Å². The van der Waals surface area contributed by atoms with Crippen molar-refractivity contribution in [1.29, 1.82) is 0 Å². The van der Waals surface area contributed by atoms with Crippen LogP contribution in [0, 0.1) is 6.92 Å². The SMILES string of the molecule is COc1ccccc1O[C@H](C)CNC(=O)c1occc1C. The molecule has 0 aliphatic heterocycles. The van der Waals surface area contributed by atoms with Crippen molar-refractivity contribution in [3.8, 4) is 11.5 Å². The van der Waals surface area contributed by atoms with Gasteiger partial charge in [-0.2, -0.15) is 0 Å². The minimum atomic E-state index is -0.243. The van der Waals surface area contributed by atoms with Gasteiger partial charge in [0.15, 0.2) is 17.3 Å². The lowest BCUT2D eigenvalue weighted by Crippen LogP contribution is -2.33. The van der Waals surface area contributed by atoms with Crippen LogP contribution in [0.4, 0.5) is 0 Å². The third kappa shape index (κ3) is 3.78. The Balaban J connectivity index is 1.89. The maximum absolute atomic E-state index is 11.9. The number of hydrogen-bond donors (Lipinski definition) is 1. The highest BCUT2D eigenvalue weighted by Crippen LogP contribution is 2.26.